The standard InChI is InChI=1S/C15H22O/c1-9-5-6-15(11(3)16)13(9)12-8-14(15,4)7-10(12)2/h7,9,12-13H,5-6,8H2,1-4H3/t9-,12-,13-,14-,15+/m0/s1. The van der Waals surface area contributed by atoms with E-state index in [9.17, 15) is 4.79 Å². The van der Waals surface area contributed by atoms with Crippen molar-refractivity contribution in [3.8, 4) is 0 Å². The highest BCUT2D eigenvalue weighted by atomic mass is 16.1. The van der Waals surface area contributed by atoms with Crippen LogP contribution in [0.4, 0.5) is 0 Å². The van der Waals surface area contributed by atoms with Crippen LogP contribution in [-0.2, 0) is 4.79 Å². The topological polar surface area (TPSA) is 17.1 Å². The monoisotopic (exact) mass is 218 g/mol. The first-order chi connectivity index (χ1) is 7.42. The molecule has 1 heteroatoms. The number of ketones is 1. The second-order valence-corrected chi connectivity index (χ2v) is 6.69. The largest absolute Gasteiger partial charge is 0.299 e. The molecule has 3 rings (SSSR count). The molecule has 16 heavy (non-hydrogen) atoms. The number of hydrogen-bond acceptors (Lipinski definition) is 1. The molecule has 2 saturated carbocycles. The molecule has 2 fully saturated rings. The van der Waals surface area contributed by atoms with E-state index in [1.807, 2.05) is 6.92 Å². The third-order valence-corrected chi connectivity index (χ3v) is 6.03. The van der Waals surface area contributed by atoms with Gasteiger partial charge in [0.05, 0.1) is 0 Å². The number of carbonyl (C=O) groups excluding carboxylic acids is 1. The Bertz CT molecular complexity index is 394. The van der Waals surface area contributed by atoms with Crippen LogP contribution in [-0.4, -0.2) is 5.78 Å². The van der Waals surface area contributed by atoms with Crippen LogP contribution in [0.25, 0.3) is 0 Å². The van der Waals surface area contributed by atoms with Gasteiger partial charge >= 0.3 is 0 Å². The summed E-state index contributed by atoms with van der Waals surface area (Å²) in [6, 6.07) is 0. The van der Waals surface area contributed by atoms with Gasteiger partial charge in [-0.15, -0.1) is 0 Å². The highest BCUT2D eigenvalue weighted by molar-refractivity contribution is 5.85. The fourth-order valence-electron chi connectivity index (χ4n) is 5.51. The molecule has 0 radical (unpaired) electrons. The Labute approximate surface area is 98.3 Å². The molecular formula is C15H22O. The molecule has 0 aromatic heterocycles. The predicted molar refractivity (Wildman–Crippen MR) is 65.0 cm³/mol. The molecule has 5 atom stereocenters. The van der Waals surface area contributed by atoms with E-state index in [-0.39, 0.29) is 10.8 Å². The van der Waals surface area contributed by atoms with Crippen LogP contribution in [0.15, 0.2) is 11.6 Å². The normalized spacial score (nSPS) is 54.0. The van der Waals surface area contributed by atoms with Gasteiger partial charge in [0, 0.05) is 5.41 Å². The lowest BCUT2D eigenvalue weighted by molar-refractivity contribution is -0.133. The highest BCUT2D eigenvalue weighted by Gasteiger charge is 2.69. The predicted octanol–water partition coefficient (Wildman–Crippen LogP) is 3.59. The third-order valence-electron chi connectivity index (χ3n) is 6.03. The Kier molecular flexibility index (Phi) is 1.85. The van der Waals surface area contributed by atoms with Crippen LogP contribution in [0.1, 0.15) is 47.0 Å². The summed E-state index contributed by atoms with van der Waals surface area (Å²) in [5.41, 5.74) is 1.72. The van der Waals surface area contributed by atoms with E-state index in [0.717, 1.165) is 12.3 Å². The second-order valence-electron chi connectivity index (χ2n) is 6.69. The van der Waals surface area contributed by atoms with Crippen LogP contribution in [0.2, 0.25) is 0 Å². The van der Waals surface area contributed by atoms with E-state index >= 15 is 0 Å². The second kappa shape index (κ2) is 2.80. The maximum atomic E-state index is 12.3. The number of Topliss-reactive ketones (excluding diaryl/α,β-unsaturated/α-hetero) is 1. The first-order valence-corrected chi connectivity index (χ1v) is 6.63. The van der Waals surface area contributed by atoms with Gasteiger partial charge in [0.15, 0.2) is 0 Å². The van der Waals surface area contributed by atoms with E-state index in [0.29, 0.717) is 17.6 Å². The average Bonchev–Trinajstić information content (AvgIpc) is 2.73. The number of allylic oxidation sites excluding steroid dienone is 2. The van der Waals surface area contributed by atoms with Crippen LogP contribution >= 0.6 is 0 Å². The Morgan fingerprint density at radius 3 is 2.81 bits per heavy atom. The van der Waals surface area contributed by atoms with Crippen LogP contribution in [0.3, 0.4) is 0 Å². The van der Waals surface area contributed by atoms with Crippen molar-refractivity contribution in [1.29, 1.82) is 0 Å². The maximum absolute atomic E-state index is 12.3. The SMILES string of the molecule is CC(=O)[C@]12CC[C@H](C)[C@H]1[C@H]1C[C@]2(C)C=C1C. The summed E-state index contributed by atoms with van der Waals surface area (Å²) in [7, 11) is 0. The lowest BCUT2D eigenvalue weighted by Gasteiger charge is -2.43. The van der Waals surface area contributed by atoms with E-state index in [1.54, 1.807) is 5.57 Å². The Balaban J connectivity index is 2.19. The first kappa shape index (κ1) is 10.6. The summed E-state index contributed by atoms with van der Waals surface area (Å²) in [6.07, 6.45) is 6.03. The zero-order valence-electron chi connectivity index (χ0n) is 10.8. The van der Waals surface area contributed by atoms with Gasteiger partial charge in [-0.1, -0.05) is 25.5 Å². The molecule has 2 bridgehead atoms. The number of carbonyl (C=O) groups is 1. The van der Waals surface area contributed by atoms with Crippen LogP contribution in [0, 0.1) is 28.6 Å². The Hall–Kier alpha value is -0.590. The summed E-state index contributed by atoms with van der Waals surface area (Å²) in [6.45, 7) is 8.79. The molecule has 88 valence electrons. The molecule has 0 N–H and O–H groups in total. The fourth-order valence-corrected chi connectivity index (χ4v) is 5.51. The van der Waals surface area contributed by atoms with Crippen molar-refractivity contribution in [2.24, 2.45) is 28.6 Å². The van der Waals surface area contributed by atoms with Crippen molar-refractivity contribution in [3.63, 3.8) is 0 Å². The van der Waals surface area contributed by atoms with Gasteiger partial charge < -0.3 is 0 Å². The lowest BCUT2D eigenvalue weighted by Crippen LogP contribution is -2.44. The number of hydrogen-bond donors (Lipinski definition) is 0. The summed E-state index contributed by atoms with van der Waals surface area (Å²) in [5.74, 6) is 2.53. The molecule has 0 spiro atoms. The summed E-state index contributed by atoms with van der Waals surface area (Å²) in [4.78, 5) is 12.3. The Morgan fingerprint density at radius 2 is 2.19 bits per heavy atom. The molecule has 3 aliphatic carbocycles. The van der Waals surface area contributed by atoms with Crippen molar-refractivity contribution in [2.45, 2.75) is 47.0 Å². The zero-order chi connectivity index (χ0) is 11.7. The van der Waals surface area contributed by atoms with E-state index in [1.165, 1.54) is 12.8 Å². The molecular weight excluding hydrogens is 196 g/mol. The molecule has 0 unspecified atom stereocenters. The zero-order valence-corrected chi connectivity index (χ0v) is 10.8. The van der Waals surface area contributed by atoms with Gasteiger partial charge in [-0.25, -0.2) is 0 Å². The van der Waals surface area contributed by atoms with Crippen molar-refractivity contribution in [2.75, 3.05) is 0 Å². The van der Waals surface area contributed by atoms with E-state index in [4.69, 9.17) is 0 Å². The highest BCUT2D eigenvalue weighted by Crippen LogP contribution is 2.72. The third kappa shape index (κ3) is 0.881. The van der Waals surface area contributed by atoms with Gasteiger partial charge in [0.2, 0.25) is 0 Å². The Morgan fingerprint density at radius 1 is 1.50 bits per heavy atom. The van der Waals surface area contributed by atoms with Crippen molar-refractivity contribution < 1.29 is 4.79 Å². The van der Waals surface area contributed by atoms with Gasteiger partial charge in [-0.05, 0) is 56.3 Å². The molecule has 1 nitrogen and oxygen atoms in total. The average molecular weight is 218 g/mol. The molecule has 0 saturated heterocycles. The van der Waals surface area contributed by atoms with Crippen molar-refractivity contribution in [1.82, 2.24) is 0 Å². The quantitative estimate of drug-likeness (QED) is 0.615. The van der Waals surface area contributed by atoms with Gasteiger partial charge in [0.1, 0.15) is 5.78 Å². The summed E-state index contributed by atoms with van der Waals surface area (Å²) >= 11 is 0. The molecule has 0 aromatic rings. The number of fused-ring (bicyclic) bond motifs is 5. The first-order valence-electron chi connectivity index (χ1n) is 6.63. The van der Waals surface area contributed by atoms with Crippen LogP contribution in [0.5, 0.6) is 0 Å². The van der Waals surface area contributed by atoms with Crippen molar-refractivity contribution in [3.05, 3.63) is 11.6 Å². The minimum Gasteiger partial charge on any atom is -0.299 e. The van der Waals surface area contributed by atoms with Crippen molar-refractivity contribution >= 4 is 5.78 Å². The molecule has 3 aliphatic rings. The summed E-state index contributed by atoms with van der Waals surface area (Å²) in [5, 5.41) is 0. The minimum absolute atomic E-state index is 0.00338. The molecule has 0 heterocycles. The maximum Gasteiger partial charge on any atom is 0.137 e. The van der Waals surface area contributed by atoms with Gasteiger partial charge in [0.25, 0.3) is 0 Å². The fraction of sp³-hybridized carbons (Fsp3) is 0.800. The van der Waals surface area contributed by atoms with Crippen LogP contribution < -0.4 is 0 Å². The molecule has 0 amide bonds. The lowest BCUT2D eigenvalue weighted by atomic mass is 9.59. The van der Waals surface area contributed by atoms with E-state index in [2.05, 4.69) is 26.8 Å². The molecule has 0 aromatic carbocycles. The number of rotatable bonds is 1. The van der Waals surface area contributed by atoms with E-state index < -0.39 is 0 Å². The van der Waals surface area contributed by atoms with Gasteiger partial charge in [-0.2, -0.15) is 0 Å². The summed E-state index contributed by atoms with van der Waals surface area (Å²) < 4.78 is 0. The smallest absolute Gasteiger partial charge is 0.137 e. The molecule has 0 aliphatic heterocycles. The van der Waals surface area contributed by atoms with Gasteiger partial charge in [-0.3, -0.25) is 4.79 Å². The minimum atomic E-state index is -0.00338.